The molecule has 3 aromatic carbocycles. The molecule has 3 aromatic rings. The monoisotopic (exact) mass is 413 g/mol. The van der Waals surface area contributed by atoms with Gasteiger partial charge in [0.2, 0.25) is 5.91 Å². The van der Waals surface area contributed by atoms with Gasteiger partial charge in [-0.25, -0.2) is 8.42 Å². The summed E-state index contributed by atoms with van der Waals surface area (Å²) in [5.41, 5.74) is 0.965. The Morgan fingerprint density at radius 2 is 1.71 bits per heavy atom. The fourth-order valence-electron chi connectivity index (χ4n) is 3.75. The molecule has 1 fully saturated rings. The average Bonchev–Trinajstić information content (AvgIpc) is 3.20. The van der Waals surface area contributed by atoms with Gasteiger partial charge in [-0.05, 0) is 47.0 Å². The Kier molecular flexibility index (Phi) is 5.13. The zero-order valence-corrected chi connectivity index (χ0v) is 16.8. The van der Waals surface area contributed by atoms with Crippen molar-refractivity contribution in [2.45, 2.75) is 23.0 Å². The second-order valence-corrected chi connectivity index (χ2v) is 9.73. The van der Waals surface area contributed by atoms with Gasteiger partial charge < -0.3 is 4.90 Å². The highest BCUT2D eigenvalue weighted by molar-refractivity contribution is 7.92. The van der Waals surface area contributed by atoms with Crippen LogP contribution in [0.1, 0.15) is 12.0 Å². The number of rotatable bonds is 4. The molecule has 1 aliphatic rings. The molecule has 0 N–H and O–H groups in total. The molecular weight excluding hydrogens is 394 g/mol. The van der Waals surface area contributed by atoms with E-state index in [9.17, 15) is 13.2 Å². The predicted molar refractivity (Wildman–Crippen MR) is 111 cm³/mol. The Bertz CT molecular complexity index is 1120. The lowest BCUT2D eigenvalue weighted by atomic mass is 10.0. The zero-order valence-electron chi connectivity index (χ0n) is 15.2. The lowest BCUT2D eigenvalue weighted by molar-refractivity contribution is -0.129. The van der Waals surface area contributed by atoms with E-state index in [-0.39, 0.29) is 23.8 Å². The highest BCUT2D eigenvalue weighted by Crippen LogP contribution is 2.26. The number of nitrogens with zero attached hydrogens (tertiary/aromatic N) is 1. The van der Waals surface area contributed by atoms with Gasteiger partial charge >= 0.3 is 0 Å². The highest BCUT2D eigenvalue weighted by atomic mass is 35.5. The van der Waals surface area contributed by atoms with Crippen LogP contribution in [0.4, 0.5) is 0 Å². The van der Waals surface area contributed by atoms with Crippen LogP contribution < -0.4 is 0 Å². The summed E-state index contributed by atoms with van der Waals surface area (Å²) in [7, 11) is -3.48. The van der Waals surface area contributed by atoms with Crippen molar-refractivity contribution in [1.29, 1.82) is 0 Å². The Labute approximate surface area is 169 Å². The Morgan fingerprint density at radius 1 is 1.00 bits per heavy atom. The Morgan fingerprint density at radius 3 is 2.50 bits per heavy atom. The normalized spacial score (nSPS) is 17.2. The molecule has 144 valence electrons. The van der Waals surface area contributed by atoms with Crippen molar-refractivity contribution in [2.24, 2.45) is 0 Å². The lowest BCUT2D eigenvalue weighted by Gasteiger charge is -2.17. The molecule has 4 nitrogen and oxygen atoms in total. The van der Waals surface area contributed by atoms with Crippen molar-refractivity contribution in [1.82, 2.24) is 4.90 Å². The van der Waals surface area contributed by atoms with E-state index < -0.39 is 15.1 Å². The topological polar surface area (TPSA) is 54.5 Å². The van der Waals surface area contributed by atoms with Crippen LogP contribution in [0, 0.1) is 0 Å². The van der Waals surface area contributed by atoms with Crippen molar-refractivity contribution >= 4 is 38.1 Å². The summed E-state index contributed by atoms with van der Waals surface area (Å²) < 4.78 is 25.7. The third-order valence-corrected chi connectivity index (χ3v) is 7.74. The second kappa shape index (κ2) is 7.57. The number of carbonyl (C=O) groups is 1. The molecule has 4 rings (SSSR count). The van der Waals surface area contributed by atoms with E-state index in [1.807, 2.05) is 42.5 Å². The Balaban J connectivity index is 1.49. The van der Waals surface area contributed by atoms with Crippen molar-refractivity contribution in [2.75, 3.05) is 13.1 Å². The van der Waals surface area contributed by atoms with Crippen LogP contribution in [0.15, 0.2) is 71.6 Å². The molecule has 0 spiro atoms. The molecule has 0 saturated carbocycles. The van der Waals surface area contributed by atoms with Crippen LogP contribution in [-0.2, 0) is 21.1 Å². The van der Waals surface area contributed by atoms with Gasteiger partial charge in [0.15, 0.2) is 9.84 Å². The van der Waals surface area contributed by atoms with Gasteiger partial charge in [0, 0.05) is 18.1 Å². The number of carbonyl (C=O) groups excluding carboxylic acids is 1. The zero-order chi connectivity index (χ0) is 19.7. The van der Waals surface area contributed by atoms with Gasteiger partial charge in [0.1, 0.15) is 0 Å². The second-order valence-electron chi connectivity index (χ2n) is 7.06. The minimum atomic E-state index is -3.48. The van der Waals surface area contributed by atoms with Crippen molar-refractivity contribution in [3.63, 3.8) is 0 Å². The summed E-state index contributed by atoms with van der Waals surface area (Å²) in [4.78, 5) is 14.7. The summed E-state index contributed by atoms with van der Waals surface area (Å²) in [5, 5.41) is 2.07. The van der Waals surface area contributed by atoms with E-state index in [0.717, 1.165) is 16.3 Å². The Hall–Kier alpha value is -2.37. The third kappa shape index (κ3) is 3.64. The molecule has 0 radical (unpaired) electrons. The number of likely N-dealkylation sites (tertiary alicyclic amines) is 1. The minimum absolute atomic E-state index is 0.0369. The first-order valence-corrected chi connectivity index (χ1v) is 11.1. The minimum Gasteiger partial charge on any atom is -0.341 e. The number of benzene rings is 3. The molecule has 28 heavy (non-hydrogen) atoms. The number of amides is 1. The summed E-state index contributed by atoms with van der Waals surface area (Å²) in [5.74, 6) is -0.0369. The predicted octanol–water partition coefficient (Wildman–Crippen LogP) is 4.11. The van der Waals surface area contributed by atoms with E-state index in [1.165, 1.54) is 12.1 Å². The van der Waals surface area contributed by atoms with Crippen molar-refractivity contribution in [3.8, 4) is 0 Å². The van der Waals surface area contributed by atoms with Gasteiger partial charge in [-0.15, -0.1) is 0 Å². The molecule has 0 aliphatic carbocycles. The molecule has 1 aliphatic heterocycles. The maximum atomic E-state index is 12.9. The SMILES string of the molecule is O=C(Cc1cccc2ccccc12)N1CCC(S(=O)(=O)c2ccc(Cl)cc2)C1. The third-order valence-electron chi connectivity index (χ3n) is 5.30. The molecular formula is C22H20ClNO3S. The van der Waals surface area contributed by atoms with Gasteiger partial charge in [-0.2, -0.15) is 0 Å². The summed E-state index contributed by atoms with van der Waals surface area (Å²) in [6, 6.07) is 20.1. The van der Waals surface area contributed by atoms with Gasteiger partial charge in [0.25, 0.3) is 0 Å². The maximum absolute atomic E-state index is 12.9. The highest BCUT2D eigenvalue weighted by Gasteiger charge is 2.36. The van der Waals surface area contributed by atoms with Gasteiger partial charge in [-0.1, -0.05) is 54.1 Å². The van der Waals surface area contributed by atoms with E-state index in [1.54, 1.807) is 17.0 Å². The first-order chi connectivity index (χ1) is 13.4. The molecule has 1 saturated heterocycles. The largest absolute Gasteiger partial charge is 0.341 e. The van der Waals surface area contributed by atoms with Crippen LogP contribution in [0.5, 0.6) is 0 Å². The smallest absolute Gasteiger partial charge is 0.227 e. The number of hydrogen-bond acceptors (Lipinski definition) is 3. The quantitative estimate of drug-likeness (QED) is 0.646. The lowest BCUT2D eigenvalue weighted by Crippen LogP contribution is -2.33. The van der Waals surface area contributed by atoms with Gasteiger partial charge in [0.05, 0.1) is 16.6 Å². The summed E-state index contributed by atoms with van der Waals surface area (Å²) >= 11 is 5.86. The first-order valence-electron chi connectivity index (χ1n) is 9.19. The molecule has 1 amide bonds. The average molecular weight is 414 g/mol. The number of fused-ring (bicyclic) bond motifs is 1. The van der Waals surface area contributed by atoms with Crippen LogP contribution in [-0.4, -0.2) is 37.6 Å². The molecule has 0 aromatic heterocycles. The van der Waals surface area contributed by atoms with Crippen molar-refractivity contribution in [3.05, 3.63) is 77.3 Å². The van der Waals surface area contributed by atoms with E-state index in [0.29, 0.717) is 18.0 Å². The van der Waals surface area contributed by atoms with E-state index >= 15 is 0 Å². The van der Waals surface area contributed by atoms with Crippen LogP contribution >= 0.6 is 11.6 Å². The standard InChI is InChI=1S/C22H20ClNO3S/c23-18-8-10-19(11-9-18)28(26,27)20-12-13-24(15-20)22(25)14-17-6-3-5-16-4-1-2-7-21(16)17/h1-11,20H,12-15H2. The van der Waals surface area contributed by atoms with Crippen LogP contribution in [0.3, 0.4) is 0 Å². The molecule has 6 heteroatoms. The maximum Gasteiger partial charge on any atom is 0.227 e. The number of hydrogen-bond donors (Lipinski definition) is 0. The fourth-order valence-corrected chi connectivity index (χ4v) is 5.56. The molecule has 1 unspecified atom stereocenters. The van der Waals surface area contributed by atoms with Crippen LogP contribution in [0.25, 0.3) is 10.8 Å². The molecule has 1 atom stereocenters. The molecule has 0 bridgehead atoms. The summed E-state index contributed by atoms with van der Waals surface area (Å²) in [6.07, 6.45) is 0.724. The fraction of sp³-hybridized carbons (Fsp3) is 0.227. The number of halogens is 1. The van der Waals surface area contributed by atoms with Gasteiger partial charge in [-0.3, -0.25) is 4.79 Å². The van der Waals surface area contributed by atoms with Crippen molar-refractivity contribution < 1.29 is 13.2 Å². The summed E-state index contributed by atoms with van der Waals surface area (Å²) in [6.45, 7) is 0.690. The number of sulfone groups is 1. The molecule has 1 heterocycles. The van der Waals surface area contributed by atoms with E-state index in [2.05, 4.69) is 0 Å². The first kappa shape index (κ1) is 19.0. The van der Waals surface area contributed by atoms with Crippen LogP contribution in [0.2, 0.25) is 5.02 Å². The van der Waals surface area contributed by atoms with E-state index in [4.69, 9.17) is 11.6 Å².